The molecule has 2 heteroatoms. The molecule has 1 aliphatic carbocycles. The normalized spacial score (nSPS) is 43.2. The predicted octanol–water partition coefficient (Wildman–Crippen LogP) is 2.84. The Kier molecular flexibility index (Phi) is 2.66. The van der Waals surface area contributed by atoms with Gasteiger partial charge in [-0.25, -0.2) is 0 Å². The van der Waals surface area contributed by atoms with E-state index in [1.807, 2.05) is 0 Å². The lowest BCUT2D eigenvalue weighted by molar-refractivity contribution is 0.0130. The van der Waals surface area contributed by atoms with Crippen LogP contribution in [-0.4, -0.2) is 23.2 Å². The standard InChI is InChI=1S/C10H18OS/c1-10-6-3-2-5-9(10)11-7-4-8-12-10/h9H,2-8H2,1H3. The molecular weight excluding hydrogens is 168 g/mol. The molecule has 70 valence electrons. The zero-order valence-corrected chi connectivity index (χ0v) is 8.66. The minimum absolute atomic E-state index is 0.453. The van der Waals surface area contributed by atoms with E-state index in [0.29, 0.717) is 10.9 Å². The second kappa shape index (κ2) is 3.59. The highest BCUT2D eigenvalue weighted by Crippen LogP contribution is 2.43. The highest BCUT2D eigenvalue weighted by atomic mass is 32.2. The van der Waals surface area contributed by atoms with E-state index in [-0.39, 0.29) is 0 Å². The van der Waals surface area contributed by atoms with Crippen LogP contribution in [0.2, 0.25) is 0 Å². The van der Waals surface area contributed by atoms with Crippen molar-refractivity contribution < 1.29 is 4.74 Å². The maximum absolute atomic E-state index is 5.89. The van der Waals surface area contributed by atoms with Crippen LogP contribution in [0, 0.1) is 0 Å². The fraction of sp³-hybridized carbons (Fsp3) is 1.00. The van der Waals surface area contributed by atoms with Crippen LogP contribution < -0.4 is 0 Å². The van der Waals surface area contributed by atoms with Crippen molar-refractivity contribution in [1.29, 1.82) is 0 Å². The minimum Gasteiger partial charge on any atom is -0.377 e. The molecule has 12 heavy (non-hydrogen) atoms. The molecule has 2 rings (SSSR count). The minimum atomic E-state index is 0.453. The van der Waals surface area contributed by atoms with E-state index in [1.54, 1.807) is 0 Å². The summed E-state index contributed by atoms with van der Waals surface area (Å²) in [4.78, 5) is 0. The molecule has 1 saturated carbocycles. The molecule has 0 bridgehead atoms. The van der Waals surface area contributed by atoms with Gasteiger partial charge in [-0.2, -0.15) is 11.8 Å². The van der Waals surface area contributed by atoms with Crippen LogP contribution in [0.4, 0.5) is 0 Å². The number of hydrogen-bond acceptors (Lipinski definition) is 2. The Balaban J connectivity index is 2.07. The molecule has 1 heterocycles. The molecular formula is C10H18OS. The first-order chi connectivity index (χ1) is 5.81. The number of thioether (sulfide) groups is 1. The van der Waals surface area contributed by atoms with Gasteiger partial charge >= 0.3 is 0 Å². The Bertz CT molecular complexity index is 160. The number of rotatable bonds is 0. The van der Waals surface area contributed by atoms with Crippen LogP contribution in [0.25, 0.3) is 0 Å². The van der Waals surface area contributed by atoms with Crippen molar-refractivity contribution >= 4 is 11.8 Å². The summed E-state index contributed by atoms with van der Waals surface area (Å²) in [6.45, 7) is 3.39. The van der Waals surface area contributed by atoms with Crippen molar-refractivity contribution in [3.63, 3.8) is 0 Å². The monoisotopic (exact) mass is 186 g/mol. The fourth-order valence-electron chi connectivity index (χ4n) is 2.29. The molecule has 0 radical (unpaired) electrons. The van der Waals surface area contributed by atoms with Crippen molar-refractivity contribution in [2.45, 2.75) is 49.9 Å². The lowest BCUT2D eigenvalue weighted by atomic mass is 9.87. The highest BCUT2D eigenvalue weighted by Gasteiger charge is 2.38. The molecule has 1 saturated heterocycles. The van der Waals surface area contributed by atoms with Crippen molar-refractivity contribution in [3.05, 3.63) is 0 Å². The van der Waals surface area contributed by atoms with E-state index in [9.17, 15) is 0 Å². The predicted molar refractivity (Wildman–Crippen MR) is 53.7 cm³/mol. The van der Waals surface area contributed by atoms with Crippen LogP contribution in [-0.2, 0) is 4.74 Å². The van der Waals surface area contributed by atoms with Crippen molar-refractivity contribution in [3.8, 4) is 0 Å². The average molecular weight is 186 g/mol. The summed E-state index contributed by atoms with van der Waals surface area (Å²) in [6, 6.07) is 0. The number of hydrogen-bond donors (Lipinski definition) is 0. The third kappa shape index (κ3) is 1.64. The van der Waals surface area contributed by atoms with Crippen LogP contribution >= 0.6 is 11.8 Å². The van der Waals surface area contributed by atoms with Crippen LogP contribution in [0.3, 0.4) is 0 Å². The van der Waals surface area contributed by atoms with Gasteiger partial charge in [0.2, 0.25) is 0 Å². The van der Waals surface area contributed by atoms with Crippen molar-refractivity contribution in [1.82, 2.24) is 0 Å². The Labute approximate surface area is 79.2 Å². The maximum atomic E-state index is 5.89. The van der Waals surface area contributed by atoms with E-state index < -0.39 is 0 Å². The molecule has 1 nitrogen and oxygen atoms in total. The van der Waals surface area contributed by atoms with Crippen LogP contribution in [0.15, 0.2) is 0 Å². The lowest BCUT2D eigenvalue weighted by Gasteiger charge is -2.39. The Morgan fingerprint density at radius 2 is 2.25 bits per heavy atom. The van der Waals surface area contributed by atoms with Gasteiger partial charge in [-0.15, -0.1) is 0 Å². The summed E-state index contributed by atoms with van der Waals surface area (Å²) in [6.07, 6.45) is 7.24. The Morgan fingerprint density at radius 1 is 1.33 bits per heavy atom. The second-order valence-electron chi connectivity index (χ2n) is 4.12. The molecule has 1 aliphatic heterocycles. The SMILES string of the molecule is CC12CCCCC1OCCCS2. The van der Waals surface area contributed by atoms with Gasteiger partial charge in [-0.3, -0.25) is 0 Å². The summed E-state index contributed by atoms with van der Waals surface area (Å²) in [5, 5.41) is 0. The summed E-state index contributed by atoms with van der Waals surface area (Å²) in [5.74, 6) is 1.30. The molecule has 0 aromatic rings. The smallest absolute Gasteiger partial charge is 0.0719 e. The molecule has 0 aromatic heterocycles. The largest absolute Gasteiger partial charge is 0.377 e. The van der Waals surface area contributed by atoms with Crippen molar-refractivity contribution in [2.75, 3.05) is 12.4 Å². The molecule has 0 aromatic carbocycles. The summed E-state index contributed by atoms with van der Waals surface area (Å²) in [5.41, 5.74) is 0. The second-order valence-corrected chi connectivity index (χ2v) is 5.75. The first-order valence-electron chi connectivity index (χ1n) is 5.07. The first-order valence-corrected chi connectivity index (χ1v) is 6.05. The first kappa shape index (κ1) is 8.89. The van der Waals surface area contributed by atoms with Crippen molar-refractivity contribution in [2.24, 2.45) is 0 Å². The number of ether oxygens (including phenoxy) is 1. The number of fused-ring (bicyclic) bond motifs is 1. The quantitative estimate of drug-likeness (QED) is 0.575. The summed E-state index contributed by atoms with van der Waals surface area (Å²) in [7, 11) is 0. The zero-order chi connectivity index (χ0) is 8.44. The van der Waals surface area contributed by atoms with E-state index >= 15 is 0 Å². The molecule has 2 fully saturated rings. The van der Waals surface area contributed by atoms with Gasteiger partial charge in [0.05, 0.1) is 6.10 Å². The molecule has 2 unspecified atom stereocenters. The van der Waals surface area contributed by atoms with E-state index in [0.717, 1.165) is 6.61 Å². The van der Waals surface area contributed by atoms with E-state index in [4.69, 9.17) is 4.74 Å². The molecule has 0 amide bonds. The zero-order valence-electron chi connectivity index (χ0n) is 7.84. The molecule has 2 aliphatic rings. The fourth-order valence-corrected chi connectivity index (χ4v) is 3.68. The van der Waals surface area contributed by atoms with Crippen LogP contribution in [0.1, 0.15) is 39.0 Å². The van der Waals surface area contributed by atoms with Gasteiger partial charge < -0.3 is 4.74 Å². The topological polar surface area (TPSA) is 9.23 Å². The lowest BCUT2D eigenvalue weighted by Crippen LogP contribution is -2.40. The molecule has 0 N–H and O–H groups in total. The summed E-state index contributed by atoms with van der Waals surface area (Å²) >= 11 is 2.15. The Morgan fingerprint density at radius 3 is 3.17 bits per heavy atom. The van der Waals surface area contributed by atoms with Gasteiger partial charge in [0, 0.05) is 11.4 Å². The summed E-state index contributed by atoms with van der Waals surface area (Å²) < 4.78 is 6.34. The van der Waals surface area contributed by atoms with Gasteiger partial charge in [0.15, 0.2) is 0 Å². The third-order valence-corrected chi connectivity index (χ3v) is 4.73. The molecule has 0 spiro atoms. The molecule has 2 atom stereocenters. The highest BCUT2D eigenvalue weighted by molar-refractivity contribution is 8.00. The van der Waals surface area contributed by atoms with Gasteiger partial charge in [0.1, 0.15) is 0 Å². The third-order valence-electron chi connectivity index (χ3n) is 3.11. The average Bonchev–Trinajstić information content (AvgIpc) is 2.25. The van der Waals surface area contributed by atoms with Gasteiger partial charge in [0.25, 0.3) is 0 Å². The van der Waals surface area contributed by atoms with Gasteiger partial charge in [-0.05, 0) is 31.9 Å². The Hall–Kier alpha value is 0.310. The van der Waals surface area contributed by atoms with E-state index in [2.05, 4.69) is 18.7 Å². The van der Waals surface area contributed by atoms with E-state index in [1.165, 1.54) is 37.9 Å². The van der Waals surface area contributed by atoms with Gasteiger partial charge in [-0.1, -0.05) is 12.8 Å². The maximum Gasteiger partial charge on any atom is 0.0719 e. The van der Waals surface area contributed by atoms with Crippen LogP contribution in [0.5, 0.6) is 0 Å².